The van der Waals surface area contributed by atoms with E-state index in [2.05, 4.69) is 4.74 Å². The average molecular weight is 385 g/mol. The highest BCUT2D eigenvalue weighted by atomic mass is 19.1. The topological polar surface area (TPSA) is 55.8 Å². The molecule has 0 spiro atoms. The number of hydroxylamine groups is 2. The zero-order chi connectivity index (χ0) is 19.9. The van der Waals surface area contributed by atoms with Gasteiger partial charge in [-0.15, -0.1) is 5.06 Å². The van der Waals surface area contributed by atoms with Crippen LogP contribution in [0.1, 0.15) is 45.5 Å². The SMILES string of the molecule is COC(=O)c1cccc(C(=O)ON2CCC(CCc3ccccc3F)CC2)c1. The van der Waals surface area contributed by atoms with Gasteiger partial charge >= 0.3 is 11.9 Å². The number of rotatable bonds is 6. The summed E-state index contributed by atoms with van der Waals surface area (Å²) in [6, 6.07) is 13.2. The Labute approximate surface area is 164 Å². The van der Waals surface area contributed by atoms with Crippen molar-refractivity contribution in [3.05, 3.63) is 71.0 Å². The monoisotopic (exact) mass is 385 g/mol. The summed E-state index contributed by atoms with van der Waals surface area (Å²) in [5.41, 5.74) is 1.37. The molecule has 0 aliphatic carbocycles. The van der Waals surface area contributed by atoms with Gasteiger partial charge in [-0.3, -0.25) is 0 Å². The Morgan fingerprint density at radius 3 is 2.39 bits per heavy atom. The van der Waals surface area contributed by atoms with Crippen LogP contribution in [-0.4, -0.2) is 37.2 Å². The van der Waals surface area contributed by atoms with Crippen molar-refractivity contribution < 1.29 is 23.6 Å². The summed E-state index contributed by atoms with van der Waals surface area (Å²) < 4.78 is 18.4. The van der Waals surface area contributed by atoms with Gasteiger partial charge in [-0.25, -0.2) is 14.0 Å². The van der Waals surface area contributed by atoms with Crippen molar-refractivity contribution in [2.24, 2.45) is 5.92 Å². The second-order valence-corrected chi connectivity index (χ2v) is 6.95. The zero-order valence-corrected chi connectivity index (χ0v) is 15.9. The number of carbonyl (C=O) groups is 2. The van der Waals surface area contributed by atoms with E-state index in [1.54, 1.807) is 29.3 Å². The second-order valence-electron chi connectivity index (χ2n) is 6.95. The number of methoxy groups -OCH3 is 1. The van der Waals surface area contributed by atoms with E-state index in [1.165, 1.54) is 19.2 Å². The molecular weight excluding hydrogens is 361 g/mol. The van der Waals surface area contributed by atoms with Gasteiger partial charge in [0.05, 0.1) is 18.2 Å². The van der Waals surface area contributed by atoms with Gasteiger partial charge in [0, 0.05) is 13.1 Å². The molecule has 0 bridgehead atoms. The van der Waals surface area contributed by atoms with Crippen LogP contribution in [0.25, 0.3) is 0 Å². The molecule has 0 N–H and O–H groups in total. The zero-order valence-electron chi connectivity index (χ0n) is 15.9. The largest absolute Gasteiger partial charge is 0.465 e. The first kappa shape index (κ1) is 20.0. The minimum absolute atomic E-state index is 0.150. The summed E-state index contributed by atoms with van der Waals surface area (Å²) in [5, 5.41) is 1.66. The number of halogens is 1. The summed E-state index contributed by atoms with van der Waals surface area (Å²) in [4.78, 5) is 29.4. The smallest absolute Gasteiger partial charge is 0.357 e. The van der Waals surface area contributed by atoms with Crippen molar-refractivity contribution in [1.29, 1.82) is 0 Å². The van der Waals surface area contributed by atoms with E-state index in [1.807, 2.05) is 12.1 Å². The Bertz CT molecular complexity index is 831. The number of piperidine rings is 1. The number of benzene rings is 2. The van der Waals surface area contributed by atoms with Gasteiger partial charge < -0.3 is 9.57 Å². The van der Waals surface area contributed by atoms with Crippen molar-refractivity contribution in [1.82, 2.24) is 5.06 Å². The lowest BCUT2D eigenvalue weighted by molar-refractivity contribution is -0.126. The first-order chi connectivity index (χ1) is 13.6. The van der Waals surface area contributed by atoms with Gasteiger partial charge in [-0.2, -0.15) is 0 Å². The number of esters is 1. The molecule has 0 atom stereocenters. The molecule has 0 aromatic heterocycles. The molecule has 2 aromatic rings. The van der Waals surface area contributed by atoms with E-state index in [-0.39, 0.29) is 5.82 Å². The van der Waals surface area contributed by atoms with Gasteiger partial charge in [0.15, 0.2) is 0 Å². The normalized spacial score (nSPS) is 15.2. The third kappa shape index (κ3) is 5.16. The fourth-order valence-electron chi connectivity index (χ4n) is 3.41. The van der Waals surface area contributed by atoms with E-state index in [0.717, 1.165) is 31.2 Å². The molecule has 1 aliphatic heterocycles. The molecule has 6 heteroatoms. The maximum atomic E-state index is 13.7. The number of ether oxygens (including phenoxy) is 1. The van der Waals surface area contributed by atoms with Crippen LogP contribution in [-0.2, 0) is 16.0 Å². The van der Waals surface area contributed by atoms with E-state index in [0.29, 0.717) is 30.1 Å². The van der Waals surface area contributed by atoms with Crippen molar-refractivity contribution in [2.75, 3.05) is 20.2 Å². The minimum atomic E-state index is -0.495. The summed E-state index contributed by atoms with van der Waals surface area (Å²) >= 11 is 0. The molecule has 1 fully saturated rings. The molecule has 1 heterocycles. The van der Waals surface area contributed by atoms with Gasteiger partial charge in [0.25, 0.3) is 0 Å². The Morgan fingerprint density at radius 1 is 1.04 bits per heavy atom. The highest BCUT2D eigenvalue weighted by Crippen LogP contribution is 2.24. The third-order valence-corrected chi connectivity index (χ3v) is 5.08. The molecule has 0 amide bonds. The highest BCUT2D eigenvalue weighted by molar-refractivity contribution is 5.95. The van der Waals surface area contributed by atoms with Crippen LogP contribution < -0.4 is 0 Å². The van der Waals surface area contributed by atoms with Crippen molar-refractivity contribution in [3.8, 4) is 0 Å². The number of aryl methyl sites for hydroxylation is 1. The lowest BCUT2D eigenvalue weighted by Gasteiger charge is -2.30. The molecule has 1 saturated heterocycles. The van der Waals surface area contributed by atoms with E-state index in [4.69, 9.17) is 4.84 Å². The average Bonchev–Trinajstić information content (AvgIpc) is 2.73. The maximum Gasteiger partial charge on any atom is 0.357 e. The van der Waals surface area contributed by atoms with Crippen LogP contribution in [0, 0.1) is 11.7 Å². The Balaban J connectivity index is 1.47. The van der Waals surface area contributed by atoms with Crippen LogP contribution in [0.4, 0.5) is 4.39 Å². The predicted molar refractivity (Wildman–Crippen MR) is 102 cm³/mol. The maximum absolute atomic E-state index is 13.7. The van der Waals surface area contributed by atoms with Gasteiger partial charge in [-0.05, 0) is 61.4 Å². The first-order valence-corrected chi connectivity index (χ1v) is 9.46. The second kappa shape index (κ2) is 9.46. The Kier molecular flexibility index (Phi) is 6.76. The van der Waals surface area contributed by atoms with Crippen LogP contribution in [0.15, 0.2) is 48.5 Å². The molecule has 2 aromatic carbocycles. The highest BCUT2D eigenvalue weighted by Gasteiger charge is 2.23. The van der Waals surface area contributed by atoms with Crippen LogP contribution in [0.5, 0.6) is 0 Å². The first-order valence-electron chi connectivity index (χ1n) is 9.46. The molecule has 28 heavy (non-hydrogen) atoms. The van der Waals surface area contributed by atoms with Crippen molar-refractivity contribution in [2.45, 2.75) is 25.7 Å². The number of carbonyl (C=O) groups excluding carboxylic acids is 2. The van der Waals surface area contributed by atoms with E-state index < -0.39 is 11.9 Å². The number of hydrogen-bond acceptors (Lipinski definition) is 5. The quantitative estimate of drug-likeness (QED) is 0.703. The standard InChI is InChI=1S/C22H24FNO4/c1-27-21(25)18-6-4-7-19(15-18)22(26)28-24-13-11-16(12-14-24)9-10-17-5-2-3-8-20(17)23/h2-8,15-16H,9-14H2,1H3. The Morgan fingerprint density at radius 2 is 1.71 bits per heavy atom. The molecule has 1 aliphatic rings. The molecule has 0 unspecified atom stereocenters. The minimum Gasteiger partial charge on any atom is -0.465 e. The number of hydrogen-bond donors (Lipinski definition) is 0. The fourth-order valence-corrected chi connectivity index (χ4v) is 3.41. The van der Waals surface area contributed by atoms with Crippen LogP contribution >= 0.6 is 0 Å². The third-order valence-electron chi connectivity index (χ3n) is 5.08. The molecule has 5 nitrogen and oxygen atoms in total. The lowest BCUT2D eigenvalue weighted by Crippen LogP contribution is -2.35. The van der Waals surface area contributed by atoms with Gasteiger partial charge in [-0.1, -0.05) is 24.3 Å². The summed E-state index contributed by atoms with van der Waals surface area (Å²) in [6.07, 6.45) is 3.43. The van der Waals surface area contributed by atoms with Crippen molar-refractivity contribution in [3.63, 3.8) is 0 Å². The van der Waals surface area contributed by atoms with Crippen LogP contribution in [0.3, 0.4) is 0 Å². The predicted octanol–water partition coefficient (Wildman–Crippen LogP) is 4.03. The fraction of sp³-hybridized carbons (Fsp3) is 0.364. The molecule has 0 radical (unpaired) electrons. The molecular formula is C22H24FNO4. The number of nitrogens with zero attached hydrogens (tertiary/aromatic N) is 1. The summed E-state index contributed by atoms with van der Waals surface area (Å²) in [7, 11) is 1.30. The Hall–Kier alpha value is -2.73. The van der Waals surface area contributed by atoms with Crippen LogP contribution in [0.2, 0.25) is 0 Å². The molecule has 0 saturated carbocycles. The molecule has 148 valence electrons. The van der Waals surface area contributed by atoms with Gasteiger partial charge in [0.1, 0.15) is 5.82 Å². The summed E-state index contributed by atoms with van der Waals surface area (Å²) in [6.45, 7) is 1.29. The van der Waals surface area contributed by atoms with E-state index >= 15 is 0 Å². The van der Waals surface area contributed by atoms with E-state index in [9.17, 15) is 14.0 Å². The van der Waals surface area contributed by atoms with Crippen molar-refractivity contribution >= 4 is 11.9 Å². The lowest BCUT2D eigenvalue weighted by atomic mass is 9.91. The molecule has 3 rings (SSSR count). The summed E-state index contributed by atoms with van der Waals surface area (Å²) in [5.74, 6) is -0.652. The van der Waals surface area contributed by atoms with Gasteiger partial charge in [0.2, 0.25) is 0 Å².